The second-order valence-corrected chi connectivity index (χ2v) is 8.31. The number of hydrogen-bond donors (Lipinski definition) is 2. The third kappa shape index (κ3) is 3.32. The first kappa shape index (κ1) is 18.1. The van der Waals surface area contributed by atoms with Crippen LogP contribution < -0.4 is 5.32 Å². The highest BCUT2D eigenvalue weighted by molar-refractivity contribution is 7.90. The van der Waals surface area contributed by atoms with Crippen molar-refractivity contribution >= 4 is 32.5 Å². The fraction of sp³-hybridized carbons (Fsp3) is 0.0952. The predicted octanol–water partition coefficient (Wildman–Crippen LogP) is 4.02. The van der Waals surface area contributed by atoms with Crippen molar-refractivity contribution in [2.75, 3.05) is 5.32 Å². The van der Waals surface area contributed by atoms with Gasteiger partial charge < -0.3 is 10.3 Å². The van der Waals surface area contributed by atoms with Gasteiger partial charge in [0.2, 0.25) is 0 Å². The molecule has 0 spiro atoms. The molecule has 4 rings (SSSR count). The van der Waals surface area contributed by atoms with Crippen molar-refractivity contribution in [3.63, 3.8) is 0 Å². The van der Waals surface area contributed by atoms with Crippen LogP contribution in [0.15, 0.2) is 78.1 Å². The lowest BCUT2D eigenvalue weighted by atomic mass is 10.1. The van der Waals surface area contributed by atoms with E-state index in [4.69, 9.17) is 0 Å². The van der Waals surface area contributed by atoms with Crippen LogP contribution in [0.5, 0.6) is 0 Å². The summed E-state index contributed by atoms with van der Waals surface area (Å²) in [5.74, 6) is -0.358. The van der Waals surface area contributed by atoms with Crippen LogP contribution in [0, 0.1) is 0 Å². The number of aromatic amines is 1. The van der Waals surface area contributed by atoms with Crippen LogP contribution in [0.4, 0.5) is 5.69 Å². The highest BCUT2D eigenvalue weighted by Crippen LogP contribution is 2.21. The van der Waals surface area contributed by atoms with Gasteiger partial charge in [-0.15, -0.1) is 0 Å². The summed E-state index contributed by atoms with van der Waals surface area (Å²) in [5, 5.41) is 3.61. The molecule has 142 valence electrons. The number of carbonyl (C=O) groups excluding carboxylic acids is 1. The molecule has 7 heteroatoms. The van der Waals surface area contributed by atoms with Gasteiger partial charge in [0.1, 0.15) is 0 Å². The van der Waals surface area contributed by atoms with Gasteiger partial charge in [-0.3, -0.25) is 4.79 Å². The molecule has 0 unspecified atom stereocenters. The Hall–Kier alpha value is -3.32. The van der Waals surface area contributed by atoms with Crippen molar-refractivity contribution < 1.29 is 13.2 Å². The number of hydrogen-bond acceptors (Lipinski definition) is 3. The monoisotopic (exact) mass is 393 g/mol. The van der Waals surface area contributed by atoms with Crippen molar-refractivity contribution in [2.24, 2.45) is 0 Å². The average molecular weight is 393 g/mol. The van der Waals surface area contributed by atoms with E-state index in [0.29, 0.717) is 5.69 Å². The van der Waals surface area contributed by atoms with Crippen LogP contribution in [0.25, 0.3) is 10.9 Å². The van der Waals surface area contributed by atoms with Crippen molar-refractivity contribution in [3.8, 4) is 0 Å². The van der Waals surface area contributed by atoms with Gasteiger partial charge in [0, 0.05) is 35.2 Å². The minimum atomic E-state index is -3.78. The molecular formula is C21H19N3O3S. The fourth-order valence-corrected chi connectivity index (χ4v) is 4.28. The Morgan fingerprint density at radius 1 is 1.11 bits per heavy atom. The number of H-pyrrole nitrogens is 1. The zero-order chi connectivity index (χ0) is 19.7. The minimum Gasteiger partial charge on any atom is -0.361 e. The summed E-state index contributed by atoms with van der Waals surface area (Å²) in [7, 11) is -3.78. The van der Waals surface area contributed by atoms with E-state index in [0.717, 1.165) is 26.9 Å². The van der Waals surface area contributed by atoms with Gasteiger partial charge in [-0.1, -0.05) is 19.1 Å². The lowest BCUT2D eigenvalue weighted by Crippen LogP contribution is -2.13. The van der Waals surface area contributed by atoms with Crippen LogP contribution in [0.1, 0.15) is 22.8 Å². The maximum atomic E-state index is 12.9. The number of carbonyl (C=O) groups is 1. The molecule has 0 atom stereocenters. The number of aryl methyl sites for hydroxylation is 1. The van der Waals surface area contributed by atoms with E-state index < -0.39 is 10.0 Å². The minimum absolute atomic E-state index is 0.165. The quantitative estimate of drug-likeness (QED) is 0.537. The van der Waals surface area contributed by atoms with E-state index in [1.54, 1.807) is 30.5 Å². The van der Waals surface area contributed by atoms with Gasteiger partial charge in [-0.05, 0) is 54.4 Å². The van der Waals surface area contributed by atoms with Crippen LogP contribution in [-0.2, 0) is 16.4 Å². The Bertz CT molecular complexity index is 1270. The van der Waals surface area contributed by atoms with Crippen molar-refractivity contribution in [1.82, 2.24) is 8.96 Å². The summed E-state index contributed by atoms with van der Waals surface area (Å²) < 4.78 is 26.9. The highest BCUT2D eigenvalue weighted by atomic mass is 32.2. The number of aromatic nitrogens is 2. The number of nitrogens with one attached hydrogen (secondary N) is 2. The van der Waals surface area contributed by atoms with E-state index in [1.807, 2.05) is 31.2 Å². The van der Waals surface area contributed by atoms with Gasteiger partial charge in [0.25, 0.3) is 15.9 Å². The Morgan fingerprint density at radius 2 is 1.96 bits per heavy atom. The van der Waals surface area contributed by atoms with E-state index >= 15 is 0 Å². The van der Waals surface area contributed by atoms with Crippen molar-refractivity contribution in [3.05, 3.63) is 84.3 Å². The molecule has 0 aliphatic carbocycles. The molecule has 2 aromatic carbocycles. The summed E-state index contributed by atoms with van der Waals surface area (Å²) in [5.41, 5.74) is 2.92. The fourth-order valence-electron chi connectivity index (χ4n) is 3.05. The standard InChI is InChI=1S/C21H19N3O3S/c1-2-15-4-3-5-18(12-15)23-21(25)17-9-11-24(14-17)28(26,27)19-6-7-20-16(13-19)8-10-22-20/h3-14,22H,2H2,1H3,(H,23,25). The predicted molar refractivity (Wildman–Crippen MR) is 109 cm³/mol. The summed E-state index contributed by atoms with van der Waals surface area (Å²) in [4.78, 5) is 15.7. The smallest absolute Gasteiger partial charge is 0.267 e. The molecule has 0 aliphatic heterocycles. The second-order valence-electron chi connectivity index (χ2n) is 6.47. The first-order valence-electron chi connectivity index (χ1n) is 8.88. The lowest BCUT2D eigenvalue weighted by Gasteiger charge is -2.07. The van der Waals surface area contributed by atoms with E-state index in [2.05, 4.69) is 10.3 Å². The van der Waals surface area contributed by atoms with Crippen molar-refractivity contribution in [2.45, 2.75) is 18.2 Å². The summed E-state index contributed by atoms with van der Waals surface area (Å²) >= 11 is 0. The largest absolute Gasteiger partial charge is 0.361 e. The van der Waals surface area contributed by atoms with Crippen LogP contribution >= 0.6 is 0 Å². The number of fused-ring (bicyclic) bond motifs is 1. The number of nitrogens with zero attached hydrogens (tertiary/aromatic N) is 1. The molecule has 2 heterocycles. The molecule has 4 aromatic rings. The Labute approximate surface area is 162 Å². The summed E-state index contributed by atoms with van der Waals surface area (Å²) in [6.07, 6.45) is 5.33. The summed E-state index contributed by atoms with van der Waals surface area (Å²) in [6, 6.07) is 15.7. The van der Waals surface area contributed by atoms with Gasteiger partial charge in [0.05, 0.1) is 10.5 Å². The van der Waals surface area contributed by atoms with Crippen molar-refractivity contribution in [1.29, 1.82) is 0 Å². The Morgan fingerprint density at radius 3 is 2.79 bits per heavy atom. The van der Waals surface area contributed by atoms with E-state index in [9.17, 15) is 13.2 Å². The first-order chi connectivity index (χ1) is 13.5. The van der Waals surface area contributed by atoms with Crippen LogP contribution in [-0.4, -0.2) is 23.3 Å². The molecule has 0 saturated carbocycles. The molecule has 2 N–H and O–H groups in total. The lowest BCUT2D eigenvalue weighted by molar-refractivity contribution is 0.102. The highest BCUT2D eigenvalue weighted by Gasteiger charge is 2.19. The van der Waals surface area contributed by atoms with E-state index in [1.165, 1.54) is 18.5 Å². The van der Waals surface area contributed by atoms with Gasteiger partial charge >= 0.3 is 0 Å². The Kier molecular flexibility index (Phi) is 4.52. The third-order valence-corrected chi connectivity index (χ3v) is 6.25. The molecule has 2 aromatic heterocycles. The summed E-state index contributed by atoms with van der Waals surface area (Å²) in [6.45, 7) is 2.04. The molecule has 1 amide bonds. The number of anilines is 1. The van der Waals surface area contributed by atoms with Gasteiger partial charge in [0.15, 0.2) is 0 Å². The third-order valence-electron chi connectivity index (χ3n) is 4.62. The number of benzene rings is 2. The molecule has 0 radical (unpaired) electrons. The zero-order valence-corrected chi connectivity index (χ0v) is 16.0. The molecule has 0 saturated heterocycles. The molecular weight excluding hydrogens is 374 g/mol. The van der Waals surface area contributed by atoms with E-state index in [-0.39, 0.29) is 16.4 Å². The average Bonchev–Trinajstić information content (AvgIpc) is 3.37. The second kappa shape index (κ2) is 7.01. The maximum absolute atomic E-state index is 12.9. The maximum Gasteiger partial charge on any atom is 0.267 e. The normalized spacial score (nSPS) is 11.6. The Balaban J connectivity index is 1.59. The van der Waals surface area contributed by atoms with Crippen LogP contribution in [0.3, 0.4) is 0 Å². The van der Waals surface area contributed by atoms with Gasteiger partial charge in [-0.2, -0.15) is 0 Å². The first-order valence-corrected chi connectivity index (χ1v) is 10.3. The topological polar surface area (TPSA) is 84.0 Å². The molecule has 6 nitrogen and oxygen atoms in total. The number of rotatable bonds is 5. The molecule has 0 fully saturated rings. The van der Waals surface area contributed by atoms with Gasteiger partial charge in [-0.25, -0.2) is 12.4 Å². The molecule has 28 heavy (non-hydrogen) atoms. The zero-order valence-electron chi connectivity index (χ0n) is 15.2. The molecule has 0 aliphatic rings. The van der Waals surface area contributed by atoms with Crippen LogP contribution in [0.2, 0.25) is 0 Å². The molecule has 0 bridgehead atoms. The number of amides is 1. The SMILES string of the molecule is CCc1cccc(NC(=O)c2ccn(S(=O)(=O)c3ccc4[nH]ccc4c3)c2)c1.